The van der Waals surface area contributed by atoms with Crippen molar-refractivity contribution in [3.8, 4) is 0 Å². The predicted octanol–water partition coefficient (Wildman–Crippen LogP) is 1.04. The quantitative estimate of drug-likeness (QED) is 0.903. The molecule has 0 bridgehead atoms. The van der Waals surface area contributed by atoms with Crippen LogP contribution in [0.3, 0.4) is 0 Å². The van der Waals surface area contributed by atoms with Gasteiger partial charge in [-0.2, -0.15) is 0 Å². The molecular formula is C16H24N4O. The maximum absolute atomic E-state index is 12.8. The lowest BCUT2D eigenvalue weighted by molar-refractivity contribution is -0.137. The van der Waals surface area contributed by atoms with E-state index in [0.717, 1.165) is 51.3 Å². The highest BCUT2D eigenvalue weighted by molar-refractivity contribution is 5.82. The van der Waals surface area contributed by atoms with Gasteiger partial charge in [0.05, 0.1) is 11.7 Å². The number of likely N-dealkylation sites (tertiary alicyclic amines) is 1. The van der Waals surface area contributed by atoms with Crippen molar-refractivity contribution in [2.75, 3.05) is 32.7 Å². The zero-order valence-corrected chi connectivity index (χ0v) is 12.7. The van der Waals surface area contributed by atoms with Gasteiger partial charge in [0.15, 0.2) is 0 Å². The van der Waals surface area contributed by atoms with Crippen molar-refractivity contribution in [2.45, 2.75) is 31.8 Å². The largest absolute Gasteiger partial charge is 0.339 e. The lowest BCUT2D eigenvalue weighted by Gasteiger charge is -2.35. The van der Waals surface area contributed by atoms with E-state index in [1.807, 2.05) is 23.2 Å². The molecule has 1 aromatic rings. The first-order chi connectivity index (χ1) is 10.3. The van der Waals surface area contributed by atoms with Gasteiger partial charge in [0.1, 0.15) is 0 Å². The maximum atomic E-state index is 12.8. The number of hydrogen-bond acceptors (Lipinski definition) is 4. The second-order valence-corrected chi connectivity index (χ2v) is 5.90. The smallest absolute Gasteiger partial charge is 0.240 e. The molecular weight excluding hydrogens is 264 g/mol. The molecule has 1 N–H and O–H groups in total. The van der Waals surface area contributed by atoms with Crippen molar-refractivity contribution in [3.63, 3.8) is 0 Å². The third-order valence-electron chi connectivity index (χ3n) is 4.62. The topological polar surface area (TPSA) is 48.5 Å². The standard InChI is InChI=1S/C16H24N4O/c1-13(14-5-2-3-7-18-14)20-10-4-6-15(20)16(21)19-11-8-17-9-12-19/h2-3,5,7,13,15,17H,4,6,8-12H2,1H3. The molecule has 1 amide bonds. The molecule has 3 heterocycles. The van der Waals surface area contributed by atoms with Crippen LogP contribution < -0.4 is 5.32 Å². The molecule has 2 aliphatic rings. The molecule has 2 saturated heterocycles. The average molecular weight is 288 g/mol. The van der Waals surface area contributed by atoms with Crippen LogP contribution in [0.2, 0.25) is 0 Å². The second kappa shape index (κ2) is 6.54. The van der Waals surface area contributed by atoms with Crippen molar-refractivity contribution in [3.05, 3.63) is 30.1 Å². The minimum Gasteiger partial charge on any atom is -0.339 e. The first-order valence-corrected chi connectivity index (χ1v) is 7.93. The minimum absolute atomic E-state index is 0.0279. The van der Waals surface area contributed by atoms with E-state index in [4.69, 9.17) is 0 Å². The van der Waals surface area contributed by atoms with Gasteiger partial charge in [-0.05, 0) is 38.4 Å². The van der Waals surface area contributed by atoms with E-state index in [1.165, 1.54) is 0 Å². The van der Waals surface area contributed by atoms with Crippen LogP contribution in [0.4, 0.5) is 0 Å². The number of amides is 1. The highest BCUT2D eigenvalue weighted by Crippen LogP contribution is 2.29. The van der Waals surface area contributed by atoms with Crippen LogP contribution in [0.15, 0.2) is 24.4 Å². The monoisotopic (exact) mass is 288 g/mol. The van der Waals surface area contributed by atoms with Gasteiger partial charge in [-0.3, -0.25) is 14.7 Å². The number of carbonyl (C=O) groups is 1. The van der Waals surface area contributed by atoms with E-state index < -0.39 is 0 Å². The van der Waals surface area contributed by atoms with Crippen molar-refractivity contribution in [2.24, 2.45) is 0 Å². The summed E-state index contributed by atoms with van der Waals surface area (Å²) in [7, 11) is 0. The Hall–Kier alpha value is -1.46. The van der Waals surface area contributed by atoms with Gasteiger partial charge < -0.3 is 10.2 Å². The molecule has 0 aromatic carbocycles. The van der Waals surface area contributed by atoms with Crippen molar-refractivity contribution in [1.29, 1.82) is 0 Å². The zero-order chi connectivity index (χ0) is 14.7. The van der Waals surface area contributed by atoms with E-state index >= 15 is 0 Å². The van der Waals surface area contributed by atoms with Crippen molar-refractivity contribution >= 4 is 5.91 Å². The molecule has 2 fully saturated rings. The zero-order valence-electron chi connectivity index (χ0n) is 12.7. The summed E-state index contributed by atoms with van der Waals surface area (Å²) in [4.78, 5) is 21.6. The Kier molecular flexibility index (Phi) is 4.51. The normalized spacial score (nSPS) is 25.0. The summed E-state index contributed by atoms with van der Waals surface area (Å²) in [6, 6.07) is 6.23. The number of aromatic nitrogens is 1. The lowest BCUT2D eigenvalue weighted by atomic mass is 10.1. The van der Waals surface area contributed by atoms with E-state index in [0.29, 0.717) is 5.91 Å². The van der Waals surface area contributed by atoms with Gasteiger partial charge in [-0.25, -0.2) is 0 Å². The van der Waals surface area contributed by atoms with Crippen molar-refractivity contribution < 1.29 is 4.79 Å². The summed E-state index contributed by atoms with van der Waals surface area (Å²) in [5, 5.41) is 3.30. The van der Waals surface area contributed by atoms with Crippen LogP contribution in [-0.4, -0.2) is 59.5 Å². The van der Waals surface area contributed by atoms with Gasteiger partial charge in [-0.1, -0.05) is 6.07 Å². The molecule has 2 unspecified atom stereocenters. The number of nitrogens with one attached hydrogen (secondary N) is 1. The molecule has 0 spiro atoms. The SMILES string of the molecule is CC(c1ccccn1)N1CCCC1C(=O)N1CCNCC1. The van der Waals surface area contributed by atoms with Crippen LogP contribution in [0.5, 0.6) is 0 Å². The summed E-state index contributed by atoms with van der Waals surface area (Å²) in [5.41, 5.74) is 1.05. The third-order valence-corrected chi connectivity index (χ3v) is 4.62. The second-order valence-electron chi connectivity index (χ2n) is 5.90. The fourth-order valence-electron chi connectivity index (χ4n) is 3.41. The molecule has 5 heteroatoms. The van der Waals surface area contributed by atoms with E-state index in [1.54, 1.807) is 0 Å². The Morgan fingerprint density at radius 3 is 2.86 bits per heavy atom. The van der Waals surface area contributed by atoms with Crippen LogP contribution in [-0.2, 0) is 4.79 Å². The summed E-state index contributed by atoms with van der Waals surface area (Å²) >= 11 is 0. The number of rotatable bonds is 3. The number of nitrogens with zero attached hydrogens (tertiary/aromatic N) is 3. The highest BCUT2D eigenvalue weighted by Gasteiger charge is 2.37. The van der Waals surface area contributed by atoms with E-state index in [9.17, 15) is 4.79 Å². The summed E-state index contributed by atoms with van der Waals surface area (Å²) in [5.74, 6) is 0.303. The molecule has 114 valence electrons. The molecule has 2 aliphatic heterocycles. The Balaban J connectivity index is 1.71. The van der Waals surface area contributed by atoms with E-state index in [2.05, 4.69) is 28.2 Å². The fraction of sp³-hybridized carbons (Fsp3) is 0.625. The van der Waals surface area contributed by atoms with Crippen molar-refractivity contribution in [1.82, 2.24) is 20.1 Å². The third kappa shape index (κ3) is 3.09. The first kappa shape index (κ1) is 14.5. The van der Waals surface area contributed by atoms with Crippen LogP contribution in [0, 0.1) is 0 Å². The average Bonchev–Trinajstić information content (AvgIpc) is 3.04. The van der Waals surface area contributed by atoms with Gasteiger partial charge in [0.25, 0.3) is 0 Å². The Morgan fingerprint density at radius 2 is 2.14 bits per heavy atom. The Bertz CT molecular complexity index is 472. The Morgan fingerprint density at radius 1 is 1.33 bits per heavy atom. The van der Waals surface area contributed by atoms with E-state index in [-0.39, 0.29) is 12.1 Å². The number of hydrogen-bond donors (Lipinski definition) is 1. The van der Waals surface area contributed by atoms with Crippen LogP contribution >= 0.6 is 0 Å². The number of pyridine rings is 1. The fourth-order valence-corrected chi connectivity index (χ4v) is 3.41. The van der Waals surface area contributed by atoms with Gasteiger partial charge >= 0.3 is 0 Å². The van der Waals surface area contributed by atoms with Crippen LogP contribution in [0.25, 0.3) is 0 Å². The summed E-state index contributed by atoms with van der Waals surface area (Å²) in [6.45, 7) is 6.64. The summed E-state index contributed by atoms with van der Waals surface area (Å²) in [6.07, 6.45) is 3.90. The van der Waals surface area contributed by atoms with Gasteiger partial charge in [-0.15, -0.1) is 0 Å². The highest BCUT2D eigenvalue weighted by atomic mass is 16.2. The van der Waals surface area contributed by atoms with Crippen LogP contribution in [0.1, 0.15) is 31.5 Å². The molecule has 0 aliphatic carbocycles. The Labute approximate surface area is 126 Å². The molecule has 5 nitrogen and oxygen atoms in total. The van der Waals surface area contributed by atoms with Gasteiger partial charge in [0.2, 0.25) is 5.91 Å². The molecule has 0 radical (unpaired) electrons. The molecule has 0 saturated carbocycles. The summed E-state index contributed by atoms with van der Waals surface area (Å²) < 4.78 is 0. The molecule has 3 rings (SSSR count). The minimum atomic E-state index is 0.0279. The maximum Gasteiger partial charge on any atom is 0.240 e. The molecule has 2 atom stereocenters. The predicted molar refractivity (Wildman–Crippen MR) is 81.8 cm³/mol. The number of piperazine rings is 1. The molecule has 1 aromatic heterocycles. The molecule has 21 heavy (non-hydrogen) atoms. The first-order valence-electron chi connectivity index (χ1n) is 7.93. The lowest BCUT2D eigenvalue weighted by Crippen LogP contribution is -2.52. The number of carbonyl (C=O) groups excluding carboxylic acids is 1. The van der Waals surface area contributed by atoms with Gasteiger partial charge in [0, 0.05) is 38.4 Å².